The summed E-state index contributed by atoms with van der Waals surface area (Å²) in [6.45, 7) is 1.60. The van der Waals surface area contributed by atoms with Crippen molar-refractivity contribution in [3.63, 3.8) is 0 Å². The van der Waals surface area contributed by atoms with Gasteiger partial charge in [0.2, 0.25) is 5.76 Å². The van der Waals surface area contributed by atoms with Gasteiger partial charge in [-0.3, -0.25) is 4.79 Å². The van der Waals surface area contributed by atoms with Gasteiger partial charge in [-0.25, -0.2) is 4.79 Å². The lowest BCUT2D eigenvalue weighted by Crippen LogP contribution is -2.30. The number of ether oxygens (including phenoxy) is 2. The number of hydrogen-bond acceptors (Lipinski definition) is 5. The zero-order chi connectivity index (χ0) is 14.7. The van der Waals surface area contributed by atoms with Gasteiger partial charge in [0.25, 0.3) is 5.91 Å². The van der Waals surface area contributed by atoms with Gasteiger partial charge < -0.3 is 19.6 Å². The van der Waals surface area contributed by atoms with Crippen molar-refractivity contribution in [1.82, 2.24) is 0 Å². The maximum atomic E-state index is 12.0. The maximum Gasteiger partial charge on any atom is 0.375 e. The van der Waals surface area contributed by atoms with Gasteiger partial charge in [-0.2, -0.15) is 0 Å². The monoisotopic (exact) mass is 277 g/mol. The highest BCUT2D eigenvalue weighted by Gasteiger charge is 2.24. The molecule has 1 aromatic heterocycles. The Morgan fingerprint density at radius 1 is 1.35 bits per heavy atom. The molecule has 0 radical (unpaired) electrons. The Kier molecular flexibility index (Phi) is 4.05. The topological polar surface area (TPSA) is 91.8 Å². The van der Waals surface area contributed by atoms with Crippen molar-refractivity contribution < 1.29 is 23.5 Å². The Morgan fingerprint density at radius 2 is 2.05 bits per heavy atom. The molecule has 2 N–H and O–H groups in total. The average Bonchev–Trinajstić information content (AvgIpc) is 2.78. The van der Waals surface area contributed by atoms with Gasteiger partial charge in [0, 0.05) is 18.1 Å². The molecule has 1 heterocycles. The predicted octanol–water partition coefficient (Wildman–Crippen LogP) is 1.61. The first-order valence-corrected chi connectivity index (χ1v) is 6.04. The molecule has 6 heteroatoms. The molecule has 0 aliphatic rings. The molecule has 1 aromatic carbocycles. The molecule has 1 atom stereocenters. The summed E-state index contributed by atoms with van der Waals surface area (Å²) in [6, 6.07) is 7.19. The number of carbonyl (C=O) groups excluding carboxylic acids is 2. The van der Waals surface area contributed by atoms with E-state index in [9.17, 15) is 9.59 Å². The Morgan fingerprint density at radius 3 is 2.70 bits per heavy atom. The first kappa shape index (κ1) is 14.1. The van der Waals surface area contributed by atoms with Gasteiger partial charge in [-0.15, -0.1) is 0 Å². The van der Waals surface area contributed by atoms with Gasteiger partial charge in [-0.1, -0.05) is 18.2 Å². The number of hydrogen-bond donors (Lipinski definition) is 1. The van der Waals surface area contributed by atoms with Crippen molar-refractivity contribution in [3.05, 3.63) is 35.6 Å². The number of carbonyl (C=O) groups is 2. The summed E-state index contributed by atoms with van der Waals surface area (Å²) in [4.78, 5) is 23.0. The largest absolute Gasteiger partial charge is 0.449 e. The third-order valence-electron chi connectivity index (χ3n) is 2.86. The van der Waals surface area contributed by atoms with Crippen molar-refractivity contribution >= 4 is 22.8 Å². The average molecular weight is 277 g/mol. The highest BCUT2D eigenvalue weighted by Crippen LogP contribution is 2.27. The number of rotatable bonds is 5. The second-order valence-corrected chi connectivity index (χ2v) is 4.29. The molecule has 2 aromatic rings. The summed E-state index contributed by atoms with van der Waals surface area (Å²) >= 11 is 0. The Labute approximate surface area is 115 Å². The van der Waals surface area contributed by atoms with E-state index in [1.807, 2.05) is 12.1 Å². The Balaban J connectivity index is 2.39. The molecule has 0 saturated carbocycles. The van der Waals surface area contributed by atoms with Gasteiger partial charge in [-0.05, 0) is 13.0 Å². The van der Waals surface area contributed by atoms with Crippen LogP contribution in [0.25, 0.3) is 11.0 Å². The molecule has 0 saturated heterocycles. The number of furan rings is 1. The van der Waals surface area contributed by atoms with Gasteiger partial charge in [0.15, 0.2) is 6.10 Å². The van der Waals surface area contributed by atoms with E-state index < -0.39 is 18.0 Å². The van der Waals surface area contributed by atoms with E-state index in [1.165, 1.54) is 14.0 Å². The Bertz CT molecular complexity index is 646. The molecule has 6 nitrogen and oxygen atoms in total. The van der Waals surface area contributed by atoms with Crippen LogP contribution in [0.3, 0.4) is 0 Å². The summed E-state index contributed by atoms with van der Waals surface area (Å²) < 4.78 is 15.5. The third kappa shape index (κ3) is 2.65. The lowest BCUT2D eigenvalue weighted by molar-refractivity contribution is -0.125. The standard InChI is InChI=1S/C14H15NO5/c1-8(13(15)16)19-14(17)12-10(7-18-2)9-5-3-4-6-11(9)20-12/h3-6,8H,7H2,1-2H3,(H2,15,16)/t8-/m0/s1. The van der Waals surface area contributed by atoms with E-state index in [0.29, 0.717) is 11.1 Å². The number of esters is 1. The fraction of sp³-hybridized carbons (Fsp3) is 0.286. The number of primary amides is 1. The van der Waals surface area contributed by atoms with Crippen molar-refractivity contribution in [3.8, 4) is 0 Å². The van der Waals surface area contributed by atoms with Crippen molar-refractivity contribution in [2.45, 2.75) is 19.6 Å². The first-order chi connectivity index (χ1) is 9.54. The summed E-state index contributed by atoms with van der Waals surface area (Å²) in [5.74, 6) is -1.43. The van der Waals surface area contributed by atoms with E-state index in [1.54, 1.807) is 12.1 Å². The van der Waals surface area contributed by atoms with Crippen LogP contribution in [0.1, 0.15) is 23.0 Å². The van der Waals surface area contributed by atoms with Crippen molar-refractivity contribution in [2.24, 2.45) is 5.73 Å². The summed E-state index contributed by atoms with van der Waals surface area (Å²) in [7, 11) is 1.52. The molecule has 0 aliphatic heterocycles. The molecule has 0 unspecified atom stereocenters. The highest BCUT2D eigenvalue weighted by atomic mass is 16.6. The van der Waals surface area contributed by atoms with Crippen LogP contribution < -0.4 is 5.73 Å². The van der Waals surface area contributed by atoms with E-state index in [0.717, 1.165) is 5.39 Å². The van der Waals surface area contributed by atoms with Crippen LogP contribution in [-0.2, 0) is 20.9 Å². The zero-order valence-electron chi connectivity index (χ0n) is 11.2. The summed E-state index contributed by atoms with van der Waals surface area (Å²) in [5.41, 5.74) is 6.20. The van der Waals surface area contributed by atoms with Crippen molar-refractivity contribution in [2.75, 3.05) is 7.11 Å². The number of benzene rings is 1. The summed E-state index contributed by atoms with van der Waals surface area (Å²) in [6.07, 6.45) is -1.02. The minimum atomic E-state index is -1.02. The molecular weight excluding hydrogens is 262 g/mol. The Hall–Kier alpha value is -2.34. The second kappa shape index (κ2) is 5.75. The summed E-state index contributed by atoms with van der Waals surface area (Å²) in [5, 5.41) is 0.771. The third-order valence-corrected chi connectivity index (χ3v) is 2.86. The second-order valence-electron chi connectivity index (χ2n) is 4.29. The lowest BCUT2D eigenvalue weighted by Gasteiger charge is -2.08. The van der Waals surface area contributed by atoms with Crippen LogP contribution in [0.4, 0.5) is 0 Å². The van der Waals surface area contributed by atoms with Gasteiger partial charge in [0.1, 0.15) is 5.58 Å². The van der Waals surface area contributed by atoms with E-state index in [2.05, 4.69) is 0 Å². The molecular formula is C14H15NO5. The van der Waals surface area contributed by atoms with Crippen LogP contribution in [0, 0.1) is 0 Å². The van der Waals surface area contributed by atoms with Crippen LogP contribution in [0.2, 0.25) is 0 Å². The minimum absolute atomic E-state index is 0.0288. The van der Waals surface area contributed by atoms with E-state index >= 15 is 0 Å². The number of methoxy groups -OCH3 is 1. The normalized spacial score (nSPS) is 12.3. The maximum absolute atomic E-state index is 12.0. The molecule has 2 rings (SSSR count). The fourth-order valence-electron chi connectivity index (χ4n) is 1.82. The number of nitrogens with two attached hydrogens (primary N) is 1. The quantitative estimate of drug-likeness (QED) is 0.838. The number of fused-ring (bicyclic) bond motifs is 1. The smallest absolute Gasteiger partial charge is 0.375 e. The zero-order valence-corrected chi connectivity index (χ0v) is 11.2. The van der Waals surface area contributed by atoms with Crippen LogP contribution in [0.15, 0.2) is 28.7 Å². The van der Waals surface area contributed by atoms with E-state index in [-0.39, 0.29) is 12.4 Å². The molecule has 0 aliphatic carbocycles. The minimum Gasteiger partial charge on any atom is -0.449 e. The van der Waals surface area contributed by atoms with Gasteiger partial charge >= 0.3 is 5.97 Å². The fourth-order valence-corrected chi connectivity index (χ4v) is 1.82. The van der Waals surface area contributed by atoms with Gasteiger partial charge in [0.05, 0.1) is 6.61 Å². The van der Waals surface area contributed by atoms with Crippen LogP contribution >= 0.6 is 0 Å². The number of amides is 1. The predicted molar refractivity (Wildman–Crippen MR) is 71.0 cm³/mol. The lowest BCUT2D eigenvalue weighted by atomic mass is 10.1. The number of para-hydroxylation sites is 1. The first-order valence-electron chi connectivity index (χ1n) is 6.04. The molecule has 106 valence electrons. The molecule has 20 heavy (non-hydrogen) atoms. The molecule has 0 fully saturated rings. The molecule has 0 spiro atoms. The van der Waals surface area contributed by atoms with Crippen LogP contribution in [0.5, 0.6) is 0 Å². The van der Waals surface area contributed by atoms with E-state index in [4.69, 9.17) is 19.6 Å². The SMILES string of the molecule is COCc1c(C(=O)O[C@@H](C)C(N)=O)oc2ccccc12. The van der Waals surface area contributed by atoms with Crippen LogP contribution in [-0.4, -0.2) is 25.1 Å². The molecule has 0 bridgehead atoms. The highest BCUT2D eigenvalue weighted by molar-refractivity contribution is 5.97. The molecule has 1 amide bonds. The van der Waals surface area contributed by atoms with Crippen molar-refractivity contribution in [1.29, 1.82) is 0 Å².